The molecule has 1 heterocycles. The molecule has 3 rings (SSSR count). The third-order valence-corrected chi connectivity index (χ3v) is 4.13. The van der Waals surface area contributed by atoms with Gasteiger partial charge < -0.3 is 10.6 Å². The van der Waals surface area contributed by atoms with E-state index in [0.717, 1.165) is 34.9 Å². The molecule has 3 aromatic rings. The lowest BCUT2D eigenvalue weighted by atomic mass is 10.1. The zero-order valence-electron chi connectivity index (χ0n) is 15.3. The molecule has 0 aliphatic rings. The quantitative estimate of drug-likeness (QED) is 0.661. The van der Waals surface area contributed by atoms with Crippen molar-refractivity contribution in [3.8, 4) is 0 Å². The second-order valence-electron chi connectivity index (χ2n) is 6.43. The fourth-order valence-corrected chi connectivity index (χ4v) is 2.72. The van der Waals surface area contributed by atoms with Crippen molar-refractivity contribution in [2.45, 2.75) is 27.2 Å². The van der Waals surface area contributed by atoms with Gasteiger partial charge in [0, 0.05) is 18.3 Å². The molecule has 0 amide bonds. The Balaban J connectivity index is 1.67. The molecule has 0 atom stereocenters. The number of hydrogen-bond donors (Lipinski definition) is 2. The maximum atomic E-state index is 13.0. The van der Waals surface area contributed by atoms with Crippen LogP contribution in [0.4, 0.5) is 21.7 Å². The highest BCUT2D eigenvalue weighted by molar-refractivity contribution is 5.63. The van der Waals surface area contributed by atoms with Gasteiger partial charge in [0.1, 0.15) is 23.3 Å². The van der Waals surface area contributed by atoms with E-state index in [4.69, 9.17) is 0 Å². The summed E-state index contributed by atoms with van der Waals surface area (Å²) in [6.07, 6.45) is 0.795. The Kier molecular flexibility index (Phi) is 5.46. The second-order valence-corrected chi connectivity index (χ2v) is 6.43. The van der Waals surface area contributed by atoms with Crippen LogP contribution in [0.2, 0.25) is 0 Å². The van der Waals surface area contributed by atoms with Crippen LogP contribution in [0.5, 0.6) is 0 Å². The number of anilines is 3. The molecule has 0 bridgehead atoms. The van der Waals surface area contributed by atoms with E-state index < -0.39 is 0 Å². The summed E-state index contributed by atoms with van der Waals surface area (Å²) >= 11 is 0. The summed E-state index contributed by atoms with van der Waals surface area (Å²) in [5, 5.41) is 6.69. The smallest absolute Gasteiger partial charge is 0.136 e. The van der Waals surface area contributed by atoms with Crippen LogP contribution in [0, 0.1) is 26.6 Å². The Morgan fingerprint density at radius 3 is 2.38 bits per heavy atom. The maximum absolute atomic E-state index is 13.0. The number of rotatable bonds is 6. The van der Waals surface area contributed by atoms with E-state index >= 15 is 0 Å². The van der Waals surface area contributed by atoms with Gasteiger partial charge in [-0.2, -0.15) is 0 Å². The average Bonchev–Trinajstić information content (AvgIpc) is 2.59. The van der Waals surface area contributed by atoms with Crippen LogP contribution in [0.3, 0.4) is 0 Å². The van der Waals surface area contributed by atoms with Crippen LogP contribution < -0.4 is 10.6 Å². The van der Waals surface area contributed by atoms with Gasteiger partial charge in [0.25, 0.3) is 0 Å². The van der Waals surface area contributed by atoms with Crippen molar-refractivity contribution >= 4 is 17.3 Å². The van der Waals surface area contributed by atoms with Crippen LogP contribution >= 0.6 is 0 Å². The van der Waals surface area contributed by atoms with E-state index in [2.05, 4.69) is 52.6 Å². The number of aromatic nitrogens is 2. The molecule has 0 fully saturated rings. The van der Waals surface area contributed by atoms with E-state index in [9.17, 15) is 4.39 Å². The Hall–Kier alpha value is -2.95. The summed E-state index contributed by atoms with van der Waals surface area (Å²) in [6, 6.07) is 14.8. The average molecular weight is 350 g/mol. The molecule has 0 saturated carbocycles. The summed E-state index contributed by atoms with van der Waals surface area (Å²) < 4.78 is 13.0. The topological polar surface area (TPSA) is 49.8 Å². The van der Waals surface area contributed by atoms with Crippen LogP contribution in [-0.2, 0) is 6.42 Å². The third kappa shape index (κ3) is 4.79. The minimum absolute atomic E-state index is 0.213. The highest BCUT2D eigenvalue weighted by Gasteiger charge is 2.05. The fourth-order valence-electron chi connectivity index (χ4n) is 2.72. The van der Waals surface area contributed by atoms with Crippen molar-refractivity contribution in [3.63, 3.8) is 0 Å². The molecule has 134 valence electrons. The van der Waals surface area contributed by atoms with Gasteiger partial charge in [-0.25, -0.2) is 14.4 Å². The first kappa shape index (κ1) is 17.9. The largest absolute Gasteiger partial charge is 0.370 e. The van der Waals surface area contributed by atoms with E-state index in [1.54, 1.807) is 12.1 Å². The summed E-state index contributed by atoms with van der Waals surface area (Å²) in [6.45, 7) is 6.72. The molecule has 0 aliphatic heterocycles. The predicted octanol–water partition coefficient (Wildman–Crippen LogP) is 4.94. The standard InChI is InChI=1S/C21H23FN4/c1-14-4-5-15(2)19(12-14)26-21-13-20(24-16(3)25-21)23-11-10-17-6-8-18(22)9-7-17/h4-9,12-13H,10-11H2,1-3H3,(H2,23,24,25,26). The highest BCUT2D eigenvalue weighted by Crippen LogP contribution is 2.22. The van der Waals surface area contributed by atoms with Gasteiger partial charge in [-0.3, -0.25) is 0 Å². The van der Waals surface area contributed by atoms with Crippen molar-refractivity contribution in [3.05, 3.63) is 76.9 Å². The number of hydrogen-bond acceptors (Lipinski definition) is 4. The minimum atomic E-state index is -0.213. The lowest BCUT2D eigenvalue weighted by molar-refractivity contribution is 0.627. The zero-order valence-corrected chi connectivity index (χ0v) is 15.3. The number of nitrogens with one attached hydrogen (secondary N) is 2. The normalized spacial score (nSPS) is 10.6. The van der Waals surface area contributed by atoms with Crippen LogP contribution in [0.15, 0.2) is 48.5 Å². The molecule has 1 aromatic heterocycles. The first-order valence-electron chi connectivity index (χ1n) is 8.68. The van der Waals surface area contributed by atoms with E-state index in [1.807, 2.05) is 13.0 Å². The van der Waals surface area contributed by atoms with E-state index in [-0.39, 0.29) is 5.82 Å². The lowest BCUT2D eigenvalue weighted by Crippen LogP contribution is -2.08. The zero-order chi connectivity index (χ0) is 18.5. The van der Waals surface area contributed by atoms with Crippen LogP contribution in [0.25, 0.3) is 0 Å². The predicted molar refractivity (Wildman–Crippen MR) is 105 cm³/mol. The molecule has 5 heteroatoms. The Bertz CT molecular complexity index is 891. The second kappa shape index (κ2) is 7.95. The molecule has 26 heavy (non-hydrogen) atoms. The molecule has 0 spiro atoms. The lowest BCUT2D eigenvalue weighted by Gasteiger charge is -2.12. The van der Waals surface area contributed by atoms with Crippen molar-refractivity contribution in [1.82, 2.24) is 9.97 Å². The monoisotopic (exact) mass is 350 g/mol. The van der Waals surface area contributed by atoms with Gasteiger partial charge in [0.15, 0.2) is 0 Å². The van der Waals surface area contributed by atoms with Crippen molar-refractivity contribution < 1.29 is 4.39 Å². The van der Waals surface area contributed by atoms with Gasteiger partial charge in [-0.05, 0) is 62.1 Å². The number of benzene rings is 2. The number of aryl methyl sites for hydroxylation is 3. The summed E-state index contributed by atoms with van der Waals surface area (Å²) in [7, 11) is 0. The van der Waals surface area contributed by atoms with Crippen LogP contribution in [-0.4, -0.2) is 16.5 Å². The number of halogens is 1. The van der Waals surface area contributed by atoms with E-state index in [1.165, 1.54) is 17.7 Å². The fraction of sp³-hybridized carbons (Fsp3) is 0.238. The molecular weight excluding hydrogens is 327 g/mol. The molecule has 0 aliphatic carbocycles. The molecule has 4 nitrogen and oxygen atoms in total. The van der Waals surface area contributed by atoms with E-state index in [0.29, 0.717) is 12.4 Å². The Morgan fingerprint density at radius 2 is 1.62 bits per heavy atom. The first-order chi connectivity index (χ1) is 12.5. The van der Waals surface area contributed by atoms with Gasteiger partial charge in [0.05, 0.1) is 0 Å². The Labute approximate surface area is 153 Å². The van der Waals surface area contributed by atoms with Gasteiger partial charge >= 0.3 is 0 Å². The van der Waals surface area contributed by atoms with Crippen LogP contribution in [0.1, 0.15) is 22.5 Å². The maximum Gasteiger partial charge on any atom is 0.136 e. The van der Waals surface area contributed by atoms with Crippen molar-refractivity contribution in [1.29, 1.82) is 0 Å². The minimum Gasteiger partial charge on any atom is -0.370 e. The summed E-state index contributed by atoms with van der Waals surface area (Å²) in [5.74, 6) is 2.02. The summed E-state index contributed by atoms with van der Waals surface area (Å²) in [4.78, 5) is 8.91. The highest BCUT2D eigenvalue weighted by atomic mass is 19.1. The summed E-state index contributed by atoms with van der Waals surface area (Å²) in [5.41, 5.74) is 4.48. The molecule has 0 saturated heterocycles. The third-order valence-electron chi connectivity index (χ3n) is 4.13. The molecule has 2 aromatic carbocycles. The van der Waals surface area contributed by atoms with Gasteiger partial charge in [0.2, 0.25) is 0 Å². The van der Waals surface area contributed by atoms with Gasteiger partial charge in [-0.15, -0.1) is 0 Å². The number of nitrogens with zero attached hydrogens (tertiary/aromatic N) is 2. The molecule has 0 radical (unpaired) electrons. The molecule has 2 N–H and O–H groups in total. The SMILES string of the molecule is Cc1ccc(C)c(Nc2cc(NCCc3ccc(F)cc3)nc(C)n2)c1. The first-order valence-corrected chi connectivity index (χ1v) is 8.68. The Morgan fingerprint density at radius 1 is 0.885 bits per heavy atom. The van der Waals surface area contributed by atoms with Crippen molar-refractivity contribution in [2.24, 2.45) is 0 Å². The molecule has 0 unspecified atom stereocenters. The van der Waals surface area contributed by atoms with Crippen molar-refractivity contribution in [2.75, 3.05) is 17.2 Å². The molecular formula is C21H23FN4. The van der Waals surface area contributed by atoms with Gasteiger partial charge in [-0.1, -0.05) is 24.3 Å².